The maximum atomic E-state index is 12.3. The van der Waals surface area contributed by atoms with E-state index in [0.29, 0.717) is 15.8 Å². The van der Waals surface area contributed by atoms with E-state index in [4.69, 9.17) is 0 Å². The number of aryl methyl sites for hydroxylation is 1. The lowest BCUT2D eigenvalue weighted by Crippen LogP contribution is -2.31. The minimum absolute atomic E-state index is 0.161. The Labute approximate surface area is 182 Å². The maximum absolute atomic E-state index is 12.3. The van der Waals surface area contributed by atoms with E-state index in [-0.39, 0.29) is 5.56 Å². The van der Waals surface area contributed by atoms with Crippen LogP contribution in [0.4, 0.5) is 5.13 Å². The molecule has 30 heavy (non-hydrogen) atoms. The number of rotatable bonds is 4. The van der Waals surface area contributed by atoms with Gasteiger partial charge in [0.05, 0.1) is 5.69 Å². The van der Waals surface area contributed by atoms with Gasteiger partial charge in [-0.1, -0.05) is 57.6 Å². The number of nitrogens with zero attached hydrogens (tertiary/aromatic N) is 4. The third-order valence-corrected chi connectivity index (χ3v) is 6.03. The van der Waals surface area contributed by atoms with Crippen molar-refractivity contribution in [2.75, 3.05) is 0 Å². The maximum Gasteiger partial charge on any atom is 0.335 e. The molecule has 0 atom stereocenters. The molecule has 2 aromatic heterocycles. The number of aromatic nitrogens is 4. The highest BCUT2D eigenvalue weighted by Gasteiger charge is 2.15. The van der Waals surface area contributed by atoms with Gasteiger partial charge in [-0.2, -0.15) is 0 Å². The summed E-state index contributed by atoms with van der Waals surface area (Å²) in [7, 11) is 0. The zero-order valence-electron chi connectivity index (χ0n) is 15.5. The Kier molecular flexibility index (Phi) is 5.42. The number of hydrogen-bond acceptors (Lipinski definition) is 7. The van der Waals surface area contributed by atoms with Crippen molar-refractivity contribution in [3.63, 3.8) is 0 Å². The fourth-order valence-electron chi connectivity index (χ4n) is 2.75. The van der Waals surface area contributed by atoms with Gasteiger partial charge in [0, 0.05) is 16.3 Å². The highest BCUT2D eigenvalue weighted by molar-refractivity contribution is 9.10. The van der Waals surface area contributed by atoms with E-state index < -0.39 is 17.1 Å². The van der Waals surface area contributed by atoms with E-state index in [9.17, 15) is 14.7 Å². The van der Waals surface area contributed by atoms with Crippen molar-refractivity contribution >= 4 is 38.6 Å². The molecule has 2 aromatic carbocycles. The molecule has 0 unspecified atom stereocenters. The average molecular weight is 484 g/mol. The Morgan fingerprint density at radius 3 is 2.67 bits per heavy atom. The molecule has 150 valence electrons. The van der Waals surface area contributed by atoms with Crippen molar-refractivity contribution in [1.82, 2.24) is 19.7 Å². The molecule has 0 amide bonds. The predicted molar refractivity (Wildman–Crippen MR) is 119 cm³/mol. The molecule has 4 aromatic rings. The summed E-state index contributed by atoms with van der Waals surface area (Å²) < 4.78 is 1.87. The number of nitrogens with one attached hydrogen (secondary N) is 1. The number of H-pyrrole nitrogens is 1. The zero-order valence-corrected chi connectivity index (χ0v) is 17.9. The van der Waals surface area contributed by atoms with Crippen LogP contribution in [0.5, 0.6) is 5.88 Å². The number of hydrogen-bond donors (Lipinski definition) is 2. The first-order valence-electron chi connectivity index (χ1n) is 8.72. The SMILES string of the molecule is Cc1cc(-n2c(O)c(C=Nc3nnc(-c4ccccc4)s3)c(=O)[nH]c2=O)ccc1Br. The Morgan fingerprint density at radius 2 is 1.93 bits per heavy atom. The summed E-state index contributed by atoms with van der Waals surface area (Å²) in [6.07, 6.45) is 1.17. The Morgan fingerprint density at radius 1 is 1.17 bits per heavy atom. The van der Waals surface area contributed by atoms with Crippen LogP contribution in [0.25, 0.3) is 16.3 Å². The molecule has 0 fully saturated rings. The van der Waals surface area contributed by atoms with Gasteiger partial charge in [-0.15, -0.1) is 10.2 Å². The summed E-state index contributed by atoms with van der Waals surface area (Å²) in [4.78, 5) is 30.9. The molecular formula is C20H14BrN5O3S. The minimum atomic E-state index is -0.751. The smallest absolute Gasteiger partial charge is 0.335 e. The van der Waals surface area contributed by atoms with Crippen molar-refractivity contribution in [3.05, 3.63) is 85.0 Å². The lowest BCUT2D eigenvalue weighted by Gasteiger charge is -2.10. The standard InChI is InChI=1S/C20H14BrN5O3S/c1-11-9-13(7-8-15(11)21)26-18(28)14(16(27)23-20(26)29)10-22-19-25-24-17(30-19)12-5-3-2-4-6-12/h2-10,28H,1H3,(H,23,27,29). The molecule has 0 aliphatic carbocycles. The van der Waals surface area contributed by atoms with Crippen LogP contribution in [-0.4, -0.2) is 31.1 Å². The molecule has 8 nitrogen and oxygen atoms in total. The lowest BCUT2D eigenvalue weighted by atomic mass is 10.2. The van der Waals surface area contributed by atoms with E-state index in [2.05, 4.69) is 36.1 Å². The quantitative estimate of drug-likeness (QED) is 0.430. The second-order valence-corrected chi connectivity index (χ2v) is 8.09. The van der Waals surface area contributed by atoms with E-state index in [1.54, 1.807) is 18.2 Å². The number of aliphatic imine (C=N–C) groups is 1. The monoisotopic (exact) mass is 483 g/mol. The number of benzene rings is 2. The first kappa shape index (κ1) is 19.9. The van der Waals surface area contributed by atoms with E-state index >= 15 is 0 Å². The van der Waals surface area contributed by atoms with Gasteiger partial charge in [0.15, 0.2) is 0 Å². The fraction of sp³-hybridized carbons (Fsp3) is 0.0500. The molecule has 0 bridgehead atoms. The second-order valence-electron chi connectivity index (χ2n) is 6.28. The van der Waals surface area contributed by atoms with Gasteiger partial charge >= 0.3 is 5.69 Å². The first-order chi connectivity index (χ1) is 14.4. The third kappa shape index (κ3) is 3.87. The molecule has 2 heterocycles. The predicted octanol–water partition coefficient (Wildman–Crippen LogP) is 3.57. The van der Waals surface area contributed by atoms with Crippen molar-refractivity contribution < 1.29 is 5.11 Å². The Hall–Kier alpha value is -3.37. The van der Waals surface area contributed by atoms with E-state index in [0.717, 1.165) is 20.2 Å². The van der Waals surface area contributed by atoms with Crippen LogP contribution < -0.4 is 11.2 Å². The molecule has 0 spiro atoms. The van der Waals surface area contributed by atoms with Crippen molar-refractivity contribution in [3.8, 4) is 22.1 Å². The molecule has 0 saturated carbocycles. The largest absolute Gasteiger partial charge is 0.493 e. The van der Waals surface area contributed by atoms with Crippen LogP contribution in [0.1, 0.15) is 11.1 Å². The molecule has 2 N–H and O–H groups in total. The third-order valence-electron chi connectivity index (χ3n) is 4.26. The lowest BCUT2D eigenvalue weighted by molar-refractivity contribution is 0.430. The summed E-state index contributed by atoms with van der Waals surface area (Å²) >= 11 is 4.63. The number of aromatic hydroxyl groups is 1. The molecule has 4 rings (SSSR count). The summed E-state index contributed by atoms with van der Waals surface area (Å²) in [6, 6.07) is 14.6. The molecule has 0 aliphatic heterocycles. The van der Waals surface area contributed by atoms with Gasteiger partial charge in [-0.25, -0.2) is 14.4 Å². The van der Waals surface area contributed by atoms with Crippen molar-refractivity contribution in [2.24, 2.45) is 4.99 Å². The van der Waals surface area contributed by atoms with Crippen LogP contribution in [0.15, 0.2) is 67.6 Å². The highest BCUT2D eigenvalue weighted by atomic mass is 79.9. The van der Waals surface area contributed by atoms with E-state index in [1.807, 2.05) is 37.3 Å². The number of halogens is 1. The van der Waals surface area contributed by atoms with Crippen LogP contribution in [-0.2, 0) is 0 Å². The van der Waals surface area contributed by atoms with E-state index in [1.165, 1.54) is 17.6 Å². The minimum Gasteiger partial charge on any atom is -0.493 e. The summed E-state index contributed by atoms with van der Waals surface area (Å²) in [5, 5.41) is 19.7. The summed E-state index contributed by atoms with van der Waals surface area (Å²) in [5.41, 5.74) is 0.509. The van der Waals surface area contributed by atoms with Crippen LogP contribution in [0.3, 0.4) is 0 Å². The van der Waals surface area contributed by atoms with Crippen molar-refractivity contribution in [2.45, 2.75) is 6.92 Å². The van der Waals surface area contributed by atoms with Gasteiger partial charge in [-0.05, 0) is 30.7 Å². The molecule has 10 heteroatoms. The summed E-state index contributed by atoms with van der Waals surface area (Å²) in [5.74, 6) is -0.512. The van der Waals surface area contributed by atoms with Crippen LogP contribution in [0, 0.1) is 6.92 Å². The summed E-state index contributed by atoms with van der Waals surface area (Å²) in [6.45, 7) is 1.85. The zero-order chi connectivity index (χ0) is 21.3. The first-order valence-corrected chi connectivity index (χ1v) is 10.3. The Balaban J connectivity index is 1.73. The van der Waals surface area contributed by atoms with Gasteiger partial charge in [0.2, 0.25) is 11.0 Å². The molecule has 0 radical (unpaired) electrons. The average Bonchev–Trinajstić information content (AvgIpc) is 3.20. The van der Waals surface area contributed by atoms with Gasteiger partial charge in [0.25, 0.3) is 5.56 Å². The normalized spacial score (nSPS) is 11.3. The van der Waals surface area contributed by atoms with Crippen LogP contribution in [0.2, 0.25) is 0 Å². The second kappa shape index (κ2) is 8.17. The van der Waals surface area contributed by atoms with Gasteiger partial charge < -0.3 is 5.11 Å². The fourth-order valence-corrected chi connectivity index (χ4v) is 3.69. The van der Waals surface area contributed by atoms with Crippen LogP contribution >= 0.6 is 27.3 Å². The molecule has 0 saturated heterocycles. The van der Waals surface area contributed by atoms with Gasteiger partial charge in [0.1, 0.15) is 10.6 Å². The highest BCUT2D eigenvalue weighted by Crippen LogP contribution is 2.28. The molecular weight excluding hydrogens is 470 g/mol. The number of aromatic amines is 1. The topological polar surface area (TPSA) is 113 Å². The van der Waals surface area contributed by atoms with Gasteiger partial charge in [-0.3, -0.25) is 9.78 Å². The molecule has 0 aliphatic rings. The Bertz CT molecular complexity index is 1380. The van der Waals surface area contributed by atoms with Crippen molar-refractivity contribution in [1.29, 1.82) is 0 Å².